The summed E-state index contributed by atoms with van der Waals surface area (Å²) in [4.78, 5) is 5.52. The molecule has 0 saturated heterocycles. The highest BCUT2D eigenvalue weighted by molar-refractivity contribution is 7.22. The SMILES string of the molecule is CCc1cc2c(s1)-c1sc(C)cc1OC2(C)C. The van der Waals surface area contributed by atoms with E-state index in [0.717, 1.165) is 12.2 Å². The van der Waals surface area contributed by atoms with Crippen LogP contribution in [0.4, 0.5) is 0 Å². The Kier molecular flexibility index (Phi) is 2.39. The van der Waals surface area contributed by atoms with Crippen molar-refractivity contribution in [3.63, 3.8) is 0 Å². The number of fused-ring (bicyclic) bond motifs is 3. The molecule has 0 aromatic carbocycles. The molecule has 0 bridgehead atoms. The first-order valence-electron chi connectivity index (χ1n) is 5.94. The minimum Gasteiger partial charge on any atom is -0.482 e. The normalized spacial score (nSPS) is 16.2. The zero-order valence-corrected chi connectivity index (χ0v) is 12.2. The van der Waals surface area contributed by atoms with Gasteiger partial charge in [-0.2, -0.15) is 0 Å². The van der Waals surface area contributed by atoms with Gasteiger partial charge in [0.15, 0.2) is 0 Å². The predicted octanol–water partition coefficient (Wildman–Crippen LogP) is 4.97. The molecule has 90 valence electrons. The van der Waals surface area contributed by atoms with Gasteiger partial charge in [-0.1, -0.05) is 6.92 Å². The Balaban J connectivity index is 2.27. The molecule has 2 aromatic heterocycles. The van der Waals surface area contributed by atoms with Crippen molar-refractivity contribution in [3.05, 3.63) is 27.5 Å². The molecule has 3 rings (SSSR count). The van der Waals surface area contributed by atoms with E-state index in [4.69, 9.17) is 4.74 Å². The molecular weight excluding hydrogens is 248 g/mol. The third kappa shape index (κ3) is 1.64. The van der Waals surface area contributed by atoms with E-state index < -0.39 is 0 Å². The van der Waals surface area contributed by atoms with Crippen molar-refractivity contribution in [2.24, 2.45) is 0 Å². The van der Waals surface area contributed by atoms with E-state index in [1.807, 2.05) is 22.7 Å². The van der Waals surface area contributed by atoms with Crippen LogP contribution in [-0.2, 0) is 12.0 Å². The van der Waals surface area contributed by atoms with Crippen molar-refractivity contribution in [1.29, 1.82) is 0 Å². The van der Waals surface area contributed by atoms with Crippen molar-refractivity contribution in [2.75, 3.05) is 0 Å². The highest BCUT2D eigenvalue weighted by Crippen LogP contribution is 2.52. The number of ether oxygens (including phenoxy) is 1. The van der Waals surface area contributed by atoms with Gasteiger partial charge in [-0.15, -0.1) is 22.7 Å². The van der Waals surface area contributed by atoms with Crippen LogP contribution in [-0.4, -0.2) is 0 Å². The average molecular weight is 264 g/mol. The molecule has 0 atom stereocenters. The first-order chi connectivity index (χ1) is 8.01. The molecular formula is C14H16OS2. The fraction of sp³-hybridized carbons (Fsp3) is 0.429. The quantitative estimate of drug-likeness (QED) is 0.706. The Labute approximate surface area is 110 Å². The summed E-state index contributed by atoms with van der Waals surface area (Å²) in [5.74, 6) is 1.06. The third-order valence-electron chi connectivity index (χ3n) is 3.17. The first-order valence-corrected chi connectivity index (χ1v) is 7.57. The van der Waals surface area contributed by atoms with Crippen molar-refractivity contribution in [2.45, 2.75) is 39.7 Å². The van der Waals surface area contributed by atoms with Gasteiger partial charge in [0.2, 0.25) is 0 Å². The van der Waals surface area contributed by atoms with Gasteiger partial charge in [0.25, 0.3) is 0 Å². The van der Waals surface area contributed by atoms with E-state index in [1.54, 1.807) is 0 Å². The van der Waals surface area contributed by atoms with Crippen molar-refractivity contribution < 1.29 is 4.74 Å². The molecule has 3 heteroatoms. The molecule has 2 aromatic rings. The third-order valence-corrected chi connectivity index (χ3v) is 5.65. The van der Waals surface area contributed by atoms with Crippen LogP contribution in [0.3, 0.4) is 0 Å². The molecule has 0 N–H and O–H groups in total. The Hall–Kier alpha value is -0.800. The lowest BCUT2D eigenvalue weighted by molar-refractivity contribution is 0.107. The molecule has 0 radical (unpaired) electrons. The van der Waals surface area contributed by atoms with Crippen LogP contribution in [0.5, 0.6) is 5.75 Å². The topological polar surface area (TPSA) is 9.23 Å². The van der Waals surface area contributed by atoms with Crippen molar-refractivity contribution in [1.82, 2.24) is 0 Å². The highest BCUT2D eigenvalue weighted by Gasteiger charge is 2.35. The molecule has 1 nitrogen and oxygen atoms in total. The van der Waals surface area contributed by atoms with E-state index in [1.165, 1.54) is 25.1 Å². The Morgan fingerprint density at radius 2 is 1.94 bits per heavy atom. The van der Waals surface area contributed by atoms with Gasteiger partial charge in [0, 0.05) is 15.3 Å². The molecule has 3 heterocycles. The van der Waals surface area contributed by atoms with E-state index in [0.29, 0.717) is 0 Å². The van der Waals surface area contributed by atoms with Crippen LogP contribution < -0.4 is 4.74 Å². The molecule has 0 saturated carbocycles. The second-order valence-corrected chi connectivity index (χ2v) is 7.36. The van der Waals surface area contributed by atoms with Crippen molar-refractivity contribution in [3.8, 4) is 15.5 Å². The van der Waals surface area contributed by atoms with E-state index in [-0.39, 0.29) is 5.60 Å². The Morgan fingerprint density at radius 3 is 2.65 bits per heavy atom. The second kappa shape index (κ2) is 3.59. The van der Waals surface area contributed by atoms with Gasteiger partial charge < -0.3 is 4.74 Å². The molecule has 0 unspecified atom stereocenters. The summed E-state index contributed by atoms with van der Waals surface area (Å²) < 4.78 is 6.14. The van der Waals surface area contributed by atoms with Gasteiger partial charge in [0.05, 0.1) is 9.75 Å². The molecule has 1 aliphatic rings. The van der Waals surface area contributed by atoms with Crippen molar-refractivity contribution >= 4 is 22.7 Å². The second-order valence-electron chi connectivity index (χ2n) is 4.97. The number of hydrogen-bond acceptors (Lipinski definition) is 3. The van der Waals surface area contributed by atoms with Gasteiger partial charge in [-0.3, -0.25) is 0 Å². The standard InChI is InChI=1S/C14H16OS2/c1-5-9-7-10-12(17-9)13-11(6-8(2)16-13)15-14(10,3)4/h6-7H,5H2,1-4H3. The zero-order valence-electron chi connectivity index (χ0n) is 10.6. The Bertz CT molecular complexity index is 575. The lowest BCUT2D eigenvalue weighted by atomic mass is 9.95. The molecule has 0 fully saturated rings. The number of hydrogen-bond donors (Lipinski definition) is 0. The summed E-state index contributed by atoms with van der Waals surface area (Å²) in [5.41, 5.74) is 1.16. The smallest absolute Gasteiger partial charge is 0.140 e. The molecule has 0 aliphatic carbocycles. The number of aryl methyl sites for hydroxylation is 2. The maximum absolute atomic E-state index is 6.14. The van der Waals surface area contributed by atoms with Crippen LogP contribution in [0.25, 0.3) is 9.75 Å². The fourth-order valence-corrected chi connectivity index (χ4v) is 4.62. The summed E-state index contributed by atoms with van der Waals surface area (Å²) in [6, 6.07) is 4.48. The average Bonchev–Trinajstić information content (AvgIpc) is 2.80. The zero-order chi connectivity index (χ0) is 12.2. The molecule has 1 aliphatic heterocycles. The minimum absolute atomic E-state index is 0.195. The Morgan fingerprint density at radius 1 is 1.18 bits per heavy atom. The predicted molar refractivity (Wildman–Crippen MR) is 75.4 cm³/mol. The van der Waals surface area contributed by atoms with Gasteiger partial charge in [-0.05, 0) is 39.3 Å². The molecule has 0 spiro atoms. The molecule has 17 heavy (non-hydrogen) atoms. The minimum atomic E-state index is -0.195. The van der Waals surface area contributed by atoms with Crippen LogP contribution in [0.1, 0.15) is 36.1 Å². The van der Waals surface area contributed by atoms with E-state index in [2.05, 4.69) is 39.8 Å². The maximum atomic E-state index is 6.14. The lowest BCUT2D eigenvalue weighted by Gasteiger charge is -2.31. The van der Waals surface area contributed by atoms with Gasteiger partial charge in [-0.25, -0.2) is 0 Å². The number of thiophene rings is 2. The first kappa shape index (κ1) is 11.3. The highest BCUT2D eigenvalue weighted by atomic mass is 32.1. The van der Waals surface area contributed by atoms with Crippen LogP contribution in [0, 0.1) is 6.92 Å². The summed E-state index contributed by atoms with van der Waals surface area (Å²) in [5, 5.41) is 0. The van der Waals surface area contributed by atoms with Gasteiger partial charge in [0.1, 0.15) is 11.4 Å². The largest absolute Gasteiger partial charge is 0.482 e. The van der Waals surface area contributed by atoms with Crippen LogP contribution in [0.15, 0.2) is 12.1 Å². The van der Waals surface area contributed by atoms with Crippen LogP contribution in [0.2, 0.25) is 0 Å². The van der Waals surface area contributed by atoms with Gasteiger partial charge >= 0.3 is 0 Å². The number of rotatable bonds is 1. The summed E-state index contributed by atoms with van der Waals surface area (Å²) >= 11 is 3.77. The molecule has 0 amide bonds. The summed E-state index contributed by atoms with van der Waals surface area (Å²) in [7, 11) is 0. The monoisotopic (exact) mass is 264 g/mol. The van der Waals surface area contributed by atoms with Crippen LogP contribution >= 0.6 is 22.7 Å². The fourth-order valence-electron chi connectivity index (χ4n) is 2.29. The lowest BCUT2D eigenvalue weighted by Crippen LogP contribution is -2.27. The van der Waals surface area contributed by atoms with E-state index >= 15 is 0 Å². The van der Waals surface area contributed by atoms with E-state index in [9.17, 15) is 0 Å². The maximum Gasteiger partial charge on any atom is 0.140 e. The summed E-state index contributed by atoms with van der Waals surface area (Å²) in [6.07, 6.45) is 1.10. The summed E-state index contributed by atoms with van der Waals surface area (Å²) in [6.45, 7) is 8.68.